The van der Waals surface area contributed by atoms with Crippen molar-refractivity contribution in [1.29, 1.82) is 5.26 Å². The number of hydrazone groups is 1. The Morgan fingerprint density at radius 3 is 2.85 bits per heavy atom. The Morgan fingerprint density at radius 2 is 2.38 bits per heavy atom. The van der Waals surface area contributed by atoms with Gasteiger partial charge in [-0.05, 0) is 19.3 Å². The molecule has 0 aromatic heterocycles. The van der Waals surface area contributed by atoms with Gasteiger partial charge in [0.05, 0.1) is 6.07 Å². The van der Waals surface area contributed by atoms with Crippen molar-refractivity contribution in [1.82, 2.24) is 5.43 Å². The molecular formula is C8H14N4O. The highest BCUT2D eigenvalue weighted by molar-refractivity contribution is 5.85. The minimum Gasteiger partial charge on any atom is -0.350 e. The van der Waals surface area contributed by atoms with Crippen LogP contribution >= 0.6 is 0 Å². The second-order valence-corrected chi connectivity index (χ2v) is 2.83. The molecule has 0 saturated heterocycles. The molecule has 0 spiro atoms. The van der Waals surface area contributed by atoms with Crippen LogP contribution in [0.2, 0.25) is 0 Å². The predicted molar refractivity (Wildman–Crippen MR) is 49.8 cm³/mol. The topological polar surface area (TPSA) is 91.3 Å². The Bertz CT molecular complexity index is 241. The van der Waals surface area contributed by atoms with E-state index in [4.69, 9.17) is 11.0 Å². The van der Waals surface area contributed by atoms with Gasteiger partial charge in [-0.25, -0.2) is 10.2 Å². The maximum absolute atomic E-state index is 10.3. The van der Waals surface area contributed by atoms with Gasteiger partial charge in [-0.15, -0.1) is 0 Å². The fourth-order valence-corrected chi connectivity index (χ4v) is 0.743. The van der Waals surface area contributed by atoms with Crippen molar-refractivity contribution in [3.05, 3.63) is 0 Å². The van der Waals surface area contributed by atoms with Crippen LogP contribution in [-0.2, 0) is 0 Å². The molecular weight excluding hydrogens is 168 g/mol. The lowest BCUT2D eigenvalue weighted by atomic mass is 10.0. The number of nitrogens with one attached hydrogen (secondary N) is 1. The molecule has 0 aromatic rings. The normalized spacial score (nSPS) is 13.2. The summed E-state index contributed by atoms with van der Waals surface area (Å²) in [6, 6.07) is 1.38. The number of nitrogens with two attached hydrogens (primary N) is 1. The van der Waals surface area contributed by atoms with E-state index >= 15 is 0 Å². The summed E-state index contributed by atoms with van der Waals surface area (Å²) in [4.78, 5) is 10.3. The van der Waals surface area contributed by atoms with Crippen LogP contribution in [0.25, 0.3) is 0 Å². The number of nitrogens with zero attached hydrogens (tertiary/aromatic N) is 2. The van der Waals surface area contributed by atoms with Crippen LogP contribution < -0.4 is 11.2 Å². The molecule has 0 saturated carbocycles. The molecule has 2 amide bonds. The molecule has 0 aliphatic heterocycles. The first-order chi connectivity index (χ1) is 6.07. The summed E-state index contributed by atoms with van der Waals surface area (Å²) in [6.07, 6.45) is 1.23. The number of nitriles is 1. The number of hydrogen-bond acceptors (Lipinski definition) is 3. The molecule has 1 atom stereocenters. The number of rotatable bonds is 4. The van der Waals surface area contributed by atoms with E-state index in [2.05, 4.69) is 16.6 Å². The number of primary amides is 1. The Hall–Kier alpha value is -1.57. The van der Waals surface area contributed by atoms with Crippen molar-refractivity contribution in [3.63, 3.8) is 0 Å². The third-order valence-corrected chi connectivity index (χ3v) is 1.74. The van der Waals surface area contributed by atoms with Crippen molar-refractivity contribution >= 4 is 11.7 Å². The van der Waals surface area contributed by atoms with Crippen LogP contribution in [0.3, 0.4) is 0 Å². The third kappa shape index (κ3) is 5.67. The van der Waals surface area contributed by atoms with Crippen molar-refractivity contribution in [3.8, 4) is 6.07 Å². The van der Waals surface area contributed by atoms with E-state index in [1.165, 1.54) is 0 Å². The fraction of sp³-hybridized carbons (Fsp3) is 0.625. The Balaban J connectivity index is 3.94. The molecule has 0 aliphatic carbocycles. The second kappa shape index (κ2) is 6.00. The summed E-state index contributed by atoms with van der Waals surface area (Å²) in [7, 11) is 0. The first kappa shape index (κ1) is 11.4. The van der Waals surface area contributed by atoms with E-state index in [9.17, 15) is 4.79 Å². The number of carbonyl (C=O) groups is 1. The van der Waals surface area contributed by atoms with E-state index in [1.54, 1.807) is 6.92 Å². The van der Waals surface area contributed by atoms with Gasteiger partial charge in [0.1, 0.15) is 0 Å². The summed E-state index contributed by atoms with van der Waals surface area (Å²) >= 11 is 0. The highest BCUT2D eigenvalue weighted by atomic mass is 16.2. The average molecular weight is 182 g/mol. The van der Waals surface area contributed by atoms with Crippen LogP contribution in [0.1, 0.15) is 26.7 Å². The van der Waals surface area contributed by atoms with Crippen LogP contribution in [0.4, 0.5) is 4.79 Å². The predicted octanol–water partition coefficient (Wildman–Crippen LogP) is 0.970. The summed E-state index contributed by atoms with van der Waals surface area (Å²) in [5, 5.41) is 12.1. The molecule has 0 aliphatic rings. The highest BCUT2D eigenvalue weighted by Crippen LogP contribution is 2.06. The summed E-state index contributed by atoms with van der Waals surface area (Å²) < 4.78 is 0. The first-order valence-corrected chi connectivity index (χ1v) is 4.04. The fourth-order valence-electron chi connectivity index (χ4n) is 0.743. The van der Waals surface area contributed by atoms with Gasteiger partial charge in [0, 0.05) is 12.1 Å². The molecule has 0 rings (SSSR count). The van der Waals surface area contributed by atoms with Gasteiger partial charge in [-0.2, -0.15) is 10.4 Å². The number of amides is 2. The number of carbonyl (C=O) groups excluding carboxylic acids is 1. The largest absolute Gasteiger partial charge is 0.350 e. The monoisotopic (exact) mass is 182 g/mol. The SMILES string of the molecule is CC(=NNC(N)=O)C(C)CCC#N. The van der Waals surface area contributed by atoms with Gasteiger partial charge in [0.2, 0.25) is 0 Å². The number of hydrogen-bond donors (Lipinski definition) is 2. The van der Waals surface area contributed by atoms with Crippen LogP contribution in [0.5, 0.6) is 0 Å². The van der Waals surface area contributed by atoms with Gasteiger partial charge in [-0.1, -0.05) is 6.92 Å². The Morgan fingerprint density at radius 1 is 1.77 bits per heavy atom. The van der Waals surface area contributed by atoms with Gasteiger partial charge in [0.15, 0.2) is 0 Å². The molecule has 0 radical (unpaired) electrons. The molecule has 13 heavy (non-hydrogen) atoms. The summed E-state index contributed by atoms with van der Waals surface area (Å²) in [6.45, 7) is 3.73. The molecule has 3 N–H and O–H groups in total. The highest BCUT2D eigenvalue weighted by Gasteiger charge is 2.05. The molecule has 5 nitrogen and oxygen atoms in total. The molecule has 0 aromatic carbocycles. The maximum Gasteiger partial charge on any atom is 0.332 e. The molecule has 1 unspecified atom stereocenters. The summed E-state index contributed by atoms with van der Waals surface area (Å²) in [5.41, 5.74) is 7.75. The molecule has 72 valence electrons. The Labute approximate surface area is 77.6 Å². The first-order valence-electron chi connectivity index (χ1n) is 4.04. The molecule has 0 fully saturated rings. The van der Waals surface area contributed by atoms with Crippen molar-refractivity contribution in [2.45, 2.75) is 26.7 Å². The molecule has 0 heterocycles. The quantitative estimate of drug-likeness (QED) is 0.501. The third-order valence-electron chi connectivity index (χ3n) is 1.74. The zero-order valence-electron chi connectivity index (χ0n) is 7.87. The maximum atomic E-state index is 10.3. The lowest BCUT2D eigenvalue weighted by molar-refractivity contribution is 0.249. The van der Waals surface area contributed by atoms with Crippen LogP contribution in [0, 0.1) is 17.2 Å². The smallest absolute Gasteiger partial charge is 0.332 e. The number of urea groups is 1. The van der Waals surface area contributed by atoms with Crippen molar-refractivity contribution in [2.75, 3.05) is 0 Å². The zero-order chi connectivity index (χ0) is 10.3. The minimum atomic E-state index is -0.674. The standard InChI is InChI=1S/C8H14N4O/c1-6(4-3-5-9)7(2)11-12-8(10)13/h6H,3-4H2,1-2H3,(H3,10,12,13). The zero-order valence-corrected chi connectivity index (χ0v) is 7.87. The lowest BCUT2D eigenvalue weighted by Gasteiger charge is -2.07. The van der Waals surface area contributed by atoms with Gasteiger partial charge in [-0.3, -0.25) is 0 Å². The summed E-state index contributed by atoms with van der Waals surface area (Å²) in [5.74, 6) is 0.187. The van der Waals surface area contributed by atoms with E-state index in [0.29, 0.717) is 6.42 Å². The van der Waals surface area contributed by atoms with E-state index < -0.39 is 6.03 Å². The van der Waals surface area contributed by atoms with Gasteiger partial charge < -0.3 is 5.73 Å². The second-order valence-electron chi connectivity index (χ2n) is 2.83. The lowest BCUT2D eigenvalue weighted by Crippen LogP contribution is -2.26. The van der Waals surface area contributed by atoms with Gasteiger partial charge in [0.25, 0.3) is 0 Å². The minimum absolute atomic E-state index is 0.187. The van der Waals surface area contributed by atoms with Crippen molar-refractivity contribution in [2.24, 2.45) is 16.8 Å². The van der Waals surface area contributed by atoms with Gasteiger partial charge >= 0.3 is 6.03 Å². The van der Waals surface area contributed by atoms with E-state index in [0.717, 1.165) is 12.1 Å². The van der Waals surface area contributed by atoms with Crippen LogP contribution in [0.15, 0.2) is 5.10 Å². The average Bonchev–Trinajstić information content (AvgIpc) is 2.10. The van der Waals surface area contributed by atoms with E-state index in [-0.39, 0.29) is 5.92 Å². The molecule has 5 heteroatoms. The Kier molecular flexibility index (Phi) is 5.28. The van der Waals surface area contributed by atoms with Crippen molar-refractivity contribution < 1.29 is 4.79 Å². The van der Waals surface area contributed by atoms with E-state index in [1.807, 2.05) is 6.92 Å². The molecule has 0 bridgehead atoms. The van der Waals surface area contributed by atoms with Crippen LogP contribution in [-0.4, -0.2) is 11.7 Å².